The van der Waals surface area contributed by atoms with Gasteiger partial charge in [-0.3, -0.25) is 4.79 Å². The van der Waals surface area contributed by atoms with Crippen LogP contribution in [0.2, 0.25) is 0 Å². The van der Waals surface area contributed by atoms with Gasteiger partial charge in [-0.05, 0) is 36.2 Å². The molecule has 1 amide bonds. The van der Waals surface area contributed by atoms with Crippen LogP contribution in [-0.4, -0.2) is 37.8 Å². The Kier molecular flexibility index (Phi) is 7.14. The number of carboxylic acid groups (broad SMARTS) is 1. The number of alkyl halides is 2. The molecule has 0 saturated heterocycles. The maximum absolute atomic E-state index is 12.3. The minimum Gasteiger partial charge on any atom is -0.493 e. The summed E-state index contributed by atoms with van der Waals surface area (Å²) >= 11 is 0. The summed E-state index contributed by atoms with van der Waals surface area (Å²) in [6, 6.07) is 8.52. The molecule has 7 nitrogen and oxygen atoms in total. The van der Waals surface area contributed by atoms with Gasteiger partial charge in [-0.1, -0.05) is 12.1 Å². The van der Waals surface area contributed by atoms with Gasteiger partial charge in [0.05, 0.1) is 25.5 Å². The molecule has 2 aromatic carbocycles. The van der Waals surface area contributed by atoms with Crippen LogP contribution in [0.25, 0.3) is 0 Å². The Morgan fingerprint density at radius 3 is 2.32 bits per heavy atom. The predicted octanol–water partition coefficient (Wildman–Crippen LogP) is 3.57. The Labute approximate surface area is 159 Å². The van der Waals surface area contributed by atoms with Crippen LogP contribution in [0.4, 0.5) is 14.5 Å². The number of benzene rings is 2. The first kappa shape index (κ1) is 20.9. The number of rotatable bonds is 9. The average Bonchev–Trinajstić information content (AvgIpc) is 2.66. The summed E-state index contributed by atoms with van der Waals surface area (Å²) in [7, 11) is 2.73. The molecular weight excluding hydrogens is 376 g/mol. The second kappa shape index (κ2) is 9.54. The van der Waals surface area contributed by atoms with Crippen molar-refractivity contribution in [2.45, 2.75) is 19.5 Å². The number of anilines is 1. The minimum atomic E-state index is -2.90. The SMILES string of the molecule is COc1cc(C(=O)O)cc(NC(=O)CCc2ccc(OC(F)F)cc2)c1OC. The first-order valence-electron chi connectivity index (χ1n) is 8.17. The number of hydrogen-bond acceptors (Lipinski definition) is 5. The Morgan fingerprint density at radius 2 is 1.79 bits per heavy atom. The lowest BCUT2D eigenvalue weighted by Crippen LogP contribution is -2.14. The monoisotopic (exact) mass is 395 g/mol. The Hall–Kier alpha value is -3.36. The maximum atomic E-state index is 12.3. The number of amides is 1. The van der Waals surface area contributed by atoms with E-state index in [1.807, 2.05) is 0 Å². The molecule has 0 saturated carbocycles. The molecule has 0 aliphatic carbocycles. The minimum absolute atomic E-state index is 0.0329. The van der Waals surface area contributed by atoms with E-state index in [1.54, 1.807) is 12.1 Å². The van der Waals surface area contributed by atoms with Crippen molar-refractivity contribution >= 4 is 17.6 Å². The van der Waals surface area contributed by atoms with Crippen molar-refractivity contribution in [3.05, 3.63) is 47.5 Å². The zero-order valence-corrected chi connectivity index (χ0v) is 15.2. The molecule has 0 atom stereocenters. The molecule has 2 N–H and O–H groups in total. The van der Waals surface area contributed by atoms with Crippen LogP contribution >= 0.6 is 0 Å². The summed E-state index contributed by atoms with van der Waals surface area (Å²) in [5.41, 5.74) is 0.855. The molecule has 0 heterocycles. The molecule has 0 fully saturated rings. The Morgan fingerprint density at radius 1 is 1.11 bits per heavy atom. The number of hydrogen-bond donors (Lipinski definition) is 2. The molecular formula is C19H19F2NO6. The molecule has 2 rings (SSSR count). The van der Waals surface area contributed by atoms with Crippen molar-refractivity contribution in [3.8, 4) is 17.2 Å². The zero-order valence-electron chi connectivity index (χ0n) is 15.2. The summed E-state index contributed by atoms with van der Waals surface area (Å²) in [6.07, 6.45) is 0.427. The molecule has 150 valence electrons. The summed E-state index contributed by atoms with van der Waals surface area (Å²) < 4.78 is 38.9. The van der Waals surface area contributed by atoms with E-state index in [-0.39, 0.29) is 40.8 Å². The van der Waals surface area contributed by atoms with Crippen LogP contribution in [0.3, 0.4) is 0 Å². The summed E-state index contributed by atoms with van der Waals surface area (Å²) in [4.78, 5) is 23.5. The van der Waals surface area contributed by atoms with Crippen LogP contribution in [-0.2, 0) is 11.2 Å². The fourth-order valence-corrected chi connectivity index (χ4v) is 2.49. The number of carbonyl (C=O) groups excluding carboxylic acids is 1. The molecule has 28 heavy (non-hydrogen) atoms. The second-order valence-corrected chi connectivity index (χ2v) is 5.64. The van der Waals surface area contributed by atoms with Crippen LogP contribution in [0, 0.1) is 0 Å². The number of halogens is 2. The maximum Gasteiger partial charge on any atom is 0.387 e. The lowest BCUT2D eigenvalue weighted by Gasteiger charge is -2.15. The van der Waals surface area contributed by atoms with Crippen molar-refractivity contribution < 1.29 is 37.7 Å². The summed E-state index contributed by atoms with van der Waals surface area (Å²) in [5.74, 6) is -1.15. The standard InChI is InChI=1S/C19H19F2NO6/c1-26-15-10-12(18(24)25)9-14(17(15)27-2)22-16(23)8-5-11-3-6-13(7-4-11)28-19(20)21/h3-4,6-7,9-10,19H,5,8H2,1-2H3,(H,22,23)(H,24,25). The van der Waals surface area contributed by atoms with E-state index in [0.717, 1.165) is 5.56 Å². The van der Waals surface area contributed by atoms with Gasteiger partial charge < -0.3 is 24.6 Å². The second-order valence-electron chi connectivity index (χ2n) is 5.64. The number of aromatic carboxylic acids is 1. The van der Waals surface area contributed by atoms with Gasteiger partial charge in [-0.25, -0.2) is 4.79 Å². The zero-order chi connectivity index (χ0) is 20.7. The number of nitrogens with one attached hydrogen (secondary N) is 1. The fourth-order valence-electron chi connectivity index (χ4n) is 2.49. The topological polar surface area (TPSA) is 94.1 Å². The summed E-state index contributed by atoms with van der Waals surface area (Å²) in [6.45, 7) is -2.90. The first-order chi connectivity index (χ1) is 13.3. The van der Waals surface area contributed by atoms with Gasteiger partial charge in [-0.2, -0.15) is 8.78 Å². The number of carbonyl (C=O) groups is 2. The Balaban J connectivity index is 2.06. The van der Waals surface area contributed by atoms with Gasteiger partial charge in [0.2, 0.25) is 5.91 Å². The third kappa shape index (κ3) is 5.57. The molecule has 0 aliphatic heterocycles. The molecule has 2 aromatic rings. The number of aryl methyl sites for hydroxylation is 1. The van der Waals surface area contributed by atoms with Crippen LogP contribution < -0.4 is 19.5 Å². The van der Waals surface area contributed by atoms with E-state index in [2.05, 4.69) is 10.1 Å². The van der Waals surface area contributed by atoms with Gasteiger partial charge in [0.1, 0.15) is 5.75 Å². The predicted molar refractivity (Wildman–Crippen MR) is 96.5 cm³/mol. The number of carboxylic acids is 1. The van der Waals surface area contributed by atoms with E-state index >= 15 is 0 Å². The molecule has 0 aliphatic rings. The van der Waals surface area contributed by atoms with E-state index in [4.69, 9.17) is 9.47 Å². The lowest BCUT2D eigenvalue weighted by atomic mass is 10.1. The van der Waals surface area contributed by atoms with Crippen molar-refractivity contribution in [1.29, 1.82) is 0 Å². The first-order valence-corrected chi connectivity index (χ1v) is 8.17. The van der Waals surface area contributed by atoms with Crippen LogP contribution in [0.1, 0.15) is 22.3 Å². The molecule has 0 spiro atoms. The fraction of sp³-hybridized carbons (Fsp3) is 0.263. The van der Waals surface area contributed by atoms with Gasteiger partial charge >= 0.3 is 12.6 Å². The molecule has 0 bridgehead atoms. The van der Waals surface area contributed by atoms with Crippen molar-refractivity contribution in [1.82, 2.24) is 0 Å². The highest BCUT2D eigenvalue weighted by molar-refractivity contribution is 5.96. The average molecular weight is 395 g/mol. The van der Waals surface area contributed by atoms with Crippen molar-refractivity contribution in [2.75, 3.05) is 19.5 Å². The smallest absolute Gasteiger partial charge is 0.387 e. The van der Waals surface area contributed by atoms with E-state index < -0.39 is 12.6 Å². The van der Waals surface area contributed by atoms with Crippen LogP contribution in [0.5, 0.6) is 17.2 Å². The highest BCUT2D eigenvalue weighted by atomic mass is 19.3. The van der Waals surface area contributed by atoms with Gasteiger partial charge in [0.15, 0.2) is 11.5 Å². The Bertz CT molecular complexity index is 839. The van der Waals surface area contributed by atoms with Gasteiger partial charge in [0.25, 0.3) is 0 Å². The lowest BCUT2D eigenvalue weighted by molar-refractivity contribution is -0.116. The molecule has 0 radical (unpaired) electrons. The van der Waals surface area contributed by atoms with E-state index in [0.29, 0.717) is 6.42 Å². The van der Waals surface area contributed by atoms with E-state index in [1.165, 1.54) is 38.5 Å². The molecule has 0 aromatic heterocycles. The number of methoxy groups -OCH3 is 2. The largest absolute Gasteiger partial charge is 0.493 e. The molecule has 0 unspecified atom stereocenters. The third-order valence-corrected chi connectivity index (χ3v) is 3.79. The van der Waals surface area contributed by atoms with Crippen LogP contribution in [0.15, 0.2) is 36.4 Å². The quantitative estimate of drug-likeness (QED) is 0.674. The molecule has 9 heteroatoms. The van der Waals surface area contributed by atoms with Gasteiger partial charge in [-0.15, -0.1) is 0 Å². The third-order valence-electron chi connectivity index (χ3n) is 3.79. The van der Waals surface area contributed by atoms with Crippen molar-refractivity contribution in [3.63, 3.8) is 0 Å². The highest BCUT2D eigenvalue weighted by Gasteiger charge is 2.17. The number of ether oxygens (including phenoxy) is 3. The normalized spacial score (nSPS) is 10.5. The summed E-state index contributed by atoms with van der Waals surface area (Å²) in [5, 5.41) is 11.8. The van der Waals surface area contributed by atoms with E-state index in [9.17, 15) is 23.5 Å². The van der Waals surface area contributed by atoms with Crippen molar-refractivity contribution in [2.24, 2.45) is 0 Å². The van der Waals surface area contributed by atoms with Gasteiger partial charge in [0, 0.05) is 6.42 Å². The highest BCUT2D eigenvalue weighted by Crippen LogP contribution is 2.36.